The van der Waals surface area contributed by atoms with Gasteiger partial charge in [-0.05, 0) is 78.9 Å². The number of carboxylic acid groups (broad SMARTS) is 1. The molecular formula is C27H21ClN4O4S. The second kappa shape index (κ2) is 10.0. The van der Waals surface area contributed by atoms with Crippen LogP contribution in [-0.4, -0.2) is 27.1 Å². The minimum atomic E-state index is -1.06. The molecule has 186 valence electrons. The summed E-state index contributed by atoms with van der Waals surface area (Å²) in [5.41, 5.74) is 2.81. The monoisotopic (exact) mass is 532 g/mol. The van der Waals surface area contributed by atoms with Gasteiger partial charge in [0.05, 0.1) is 22.3 Å². The summed E-state index contributed by atoms with van der Waals surface area (Å²) in [6.07, 6.45) is 1.72. The van der Waals surface area contributed by atoms with Crippen molar-refractivity contribution in [2.75, 3.05) is 10.2 Å². The fourth-order valence-corrected chi connectivity index (χ4v) is 4.89. The second-order valence-corrected chi connectivity index (χ2v) is 9.22. The average Bonchev–Trinajstić information content (AvgIpc) is 3.49. The van der Waals surface area contributed by atoms with Crippen molar-refractivity contribution in [3.63, 3.8) is 0 Å². The van der Waals surface area contributed by atoms with E-state index in [9.17, 15) is 14.7 Å². The number of anilines is 2. The van der Waals surface area contributed by atoms with Crippen LogP contribution in [0.25, 0.3) is 11.3 Å². The average molecular weight is 533 g/mol. The quantitative estimate of drug-likeness (QED) is 0.266. The first-order chi connectivity index (χ1) is 17.8. The summed E-state index contributed by atoms with van der Waals surface area (Å²) in [6, 6.07) is 20.3. The van der Waals surface area contributed by atoms with E-state index in [2.05, 4.69) is 15.6 Å². The van der Waals surface area contributed by atoms with Crippen molar-refractivity contribution in [2.45, 2.75) is 19.0 Å². The number of nitrogens with one attached hydrogen (secondary N) is 2. The first-order valence-corrected chi connectivity index (χ1v) is 12.1. The van der Waals surface area contributed by atoms with Gasteiger partial charge in [-0.2, -0.15) is 0 Å². The predicted octanol–water partition coefficient (Wildman–Crippen LogP) is 5.83. The number of carbonyl (C=O) groups excluding carboxylic acids is 1. The Morgan fingerprint density at radius 2 is 1.89 bits per heavy atom. The van der Waals surface area contributed by atoms with Crippen molar-refractivity contribution in [3.8, 4) is 11.3 Å². The molecule has 0 bridgehead atoms. The van der Waals surface area contributed by atoms with Crippen LogP contribution in [0, 0.1) is 0 Å². The summed E-state index contributed by atoms with van der Waals surface area (Å²) < 4.78 is 6.29. The Bertz CT molecular complexity index is 1490. The Balaban J connectivity index is 1.57. The number of aromatic nitrogens is 1. The van der Waals surface area contributed by atoms with E-state index >= 15 is 0 Å². The van der Waals surface area contributed by atoms with Gasteiger partial charge in [0.2, 0.25) is 5.91 Å². The van der Waals surface area contributed by atoms with E-state index < -0.39 is 12.0 Å². The molecule has 2 atom stereocenters. The zero-order valence-electron chi connectivity index (χ0n) is 19.5. The maximum absolute atomic E-state index is 11.5. The van der Waals surface area contributed by atoms with Crippen molar-refractivity contribution < 1.29 is 19.1 Å². The highest BCUT2D eigenvalue weighted by atomic mass is 35.5. The lowest BCUT2D eigenvalue weighted by Crippen LogP contribution is -2.29. The Morgan fingerprint density at radius 3 is 2.57 bits per heavy atom. The predicted molar refractivity (Wildman–Crippen MR) is 145 cm³/mol. The van der Waals surface area contributed by atoms with Gasteiger partial charge in [0, 0.05) is 30.1 Å². The molecule has 0 radical (unpaired) electrons. The van der Waals surface area contributed by atoms with Crippen LogP contribution in [0.5, 0.6) is 0 Å². The molecule has 4 aromatic rings. The first-order valence-electron chi connectivity index (χ1n) is 11.3. The third-order valence-corrected chi connectivity index (χ3v) is 6.61. The van der Waals surface area contributed by atoms with Crippen molar-refractivity contribution in [3.05, 3.63) is 101 Å². The van der Waals surface area contributed by atoms with Crippen LogP contribution >= 0.6 is 23.8 Å². The number of pyridine rings is 1. The molecule has 0 saturated carbocycles. The van der Waals surface area contributed by atoms with E-state index in [4.69, 9.17) is 28.2 Å². The maximum Gasteiger partial charge on any atom is 0.335 e. The molecule has 1 fully saturated rings. The summed E-state index contributed by atoms with van der Waals surface area (Å²) in [6.45, 7) is 1.45. The molecule has 5 rings (SSSR count). The largest absolute Gasteiger partial charge is 0.478 e. The van der Waals surface area contributed by atoms with E-state index in [0.29, 0.717) is 32.9 Å². The minimum absolute atomic E-state index is 0.105. The van der Waals surface area contributed by atoms with E-state index in [-0.39, 0.29) is 17.5 Å². The Morgan fingerprint density at radius 1 is 1.11 bits per heavy atom. The first kappa shape index (κ1) is 24.5. The van der Waals surface area contributed by atoms with Gasteiger partial charge in [-0.3, -0.25) is 9.78 Å². The third kappa shape index (κ3) is 4.91. The highest BCUT2D eigenvalue weighted by molar-refractivity contribution is 7.80. The lowest BCUT2D eigenvalue weighted by atomic mass is 10.0. The van der Waals surface area contributed by atoms with Crippen LogP contribution in [0.2, 0.25) is 5.02 Å². The molecule has 3 heterocycles. The van der Waals surface area contributed by atoms with Gasteiger partial charge >= 0.3 is 5.97 Å². The molecule has 1 amide bonds. The highest BCUT2D eigenvalue weighted by Gasteiger charge is 2.42. The fourth-order valence-electron chi connectivity index (χ4n) is 4.33. The number of hydrogen-bond donors (Lipinski definition) is 3. The number of halogens is 1. The molecule has 10 heteroatoms. The number of aromatic carboxylic acids is 1. The molecular weight excluding hydrogens is 512 g/mol. The number of hydrogen-bond acceptors (Lipinski definition) is 5. The molecule has 1 aliphatic rings. The van der Waals surface area contributed by atoms with E-state index in [1.54, 1.807) is 24.4 Å². The molecule has 8 nitrogen and oxygen atoms in total. The summed E-state index contributed by atoms with van der Waals surface area (Å²) in [5.74, 6) is -0.200. The molecule has 0 unspecified atom stereocenters. The summed E-state index contributed by atoms with van der Waals surface area (Å²) in [4.78, 5) is 29.4. The number of furan rings is 1. The lowest BCUT2D eigenvalue weighted by Gasteiger charge is -2.26. The van der Waals surface area contributed by atoms with Crippen molar-refractivity contribution in [2.24, 2.45) is 0 Å². The lowest BCUT2D eigenvalue weighted by molar-refractivity contribution is -0.114. The van der Waals surface area contributed by atoms with Crippen LogP contribution in [0.3, 0.4) is 0 Å². The second-order valence-electron chi connectivity index (χ2n) is 8.43. The standard InChI is InChI=1S/C27H21ClN4O4S/c1-15(33)30-17-6-8-18(9-7-17)32-25(24(31-27(32)37)21-4-2-3-13-29-21)23-12-11-22(36-23)19-14-16(26(34)35)5-10-20(19)28/h2-14,24-25H,1H3,(H,30,33)(H,31,37)(H,34,35)/t24-,25+/m1/s1. The number of carboxylic acids is 1. The van der Waals surface area contributed by atoms with Crippen LogP contribution in [0.4, 0.5) is 11.4 Å². The Kier molecular flexibility index (Phi) is 6.64. The summed E-state index contributed by atoms with van der Waals surface area (Å²) in [7, 11) is 0. The van der Waals surface area contributed by atoms with Crippen molar-refractivity contribution >= 4 is 52.2 Å². The molecule has 2 aromatic carbocycles. The van der Waals surface area contributed by atoms with E-state index in [0.717, 1.165) is 11.4 Å². The van der Waals surface area contributed by atoms with Crippen LogP contribution < -0.4 is 15.5 Å². The minimum Gasteiger partial charge on any atom is -0.478 e. The number of amides is 1. The van der Waals surface area contributed by atoms with Gasteiger partial charge in [-0.25, -0.2) is 4.79 Å². The van der Waals surface area contributed by atoms with Gasteiger partial charge in [0.15, 0.2) is 5.11 Å². The summed E-state index contributed by atoms with van der Waals surface area (Å²) in [5, 5.41) is 16.4. The van der Waals surface area contributed by atoms with Crippen LogP contribution in [0.1, 0.15) is 40.8 Å². The van der Waals surface area contributed by atoms with Gasteiger partial charge in [-0.15, -0.1) is 0 Å². The third-order valence-electron chi connectivity index (χ3n) is 5.96. The smallest absolute Gasteiger partial charge is 0.335 e. The normalized spacial score (nSPS) is 16.9. The number of benzene rings is 2. The van der Waals surface area contributed by atoms with Gasteiger partial charge < -0.3 is 25.1 Å². The molecule has 0 spiro atoms. The molecule has 2 aromatic heterocycles. The molecule has 0 aliphatic carbocycles. The maximum atomic E-state index is 11.5. The molecule has 37 heavy (non-hydrogen) atoms. The van der Waals surface area contributed by atoms with E-state index in [1.807, 2.05) is 41.3 Å². The summed E-state index contributed by atoms with van der Waals surface area (Å²) >= 11 is 12.1. The van der Waals surface area contributed by atoms with Gasteiger partial charge in [-0.1, -0.05) is 17.7 Å². The van der Waals surface area contributed by atoms with E-state index in [1.165, 1.54) is 25.1 Å². The van der Waals surface area contributed by atoms with Crippen molar-refractivity contribution in [1.29, 1.82) is 0 Å². The number of carbonyl (C=O) groups is 2. The number of rotatable bonds is 6. The van der Waals surface area contributed by atoms with Crippen LogP contribution in [-0.2, 0) is 4.79 Å². The van der Waals surface area contributed by atoms with Crippen LogP contribution in [0.15, 0.2) is 83.4 Å². The fraction of sp³-hybridized carbons (Fsp3) is 0.111. The Labute approximate surface area is 222 Å². The zero-order chi connectivity index (χ0) is 26.1. The number of thiocarbonyl (C=S) groups is 1. The topological polar surface area (TPSA) is 108 Å². The SMILES string of the molecule is CC(=O)Nc1ccc(N2C(=S)N[C@H](c3ccccn3)[C@@H]2c2ccc(-c3cc(C(=O)O)ccc3Cl)o2)cc1. The van der Waals surface area contributed by atoms with Gasteiger partial charge in [0.25, 0.3) is 0 Å². The number of nitrogens with zero attached hydrogens (tertiary/aromatic N) is 2. The molecule has 1 aliphatic heterocycles. The van der Waals surface area contributed by atoms with Gasteiger partial charge in [0.1, 0.15) is 17.6 Å². The molecule has 3 N–H and O–H groups in total. The molecule has 1 saturated heterocycles. The van der Waals surface area contributed by atoms with Crippen molar-refractivity contribution in [1.82, 2.24) is 10.3 Å². The highest BCUT2D eigenvalue weighted by Crippen LogP contribution is 2.43. The Hall–Kier alpha value is -4.21. The zero-order valence-corrected chi connectivity index (χ0v) is 21.1.